The van der Waals surface area contributed by atoms with Gasteiger partial charge in [0.2, 0.25) is 18.5 Å². The van der Waals surface area contributed by atoms with Gasteiger partial charge in [-0.3, -0.25) is 0 Å². The van der Waals surface area contributed by atoms with Crippen LogP contribution in [0.4, 0.5) is 4.39 Å². The van der Waals surface area contributed by atoms with Gasteiger partial charge in [-0.05, 0) is 54.6 Å². The second-order valence-corrected chi connectivity index (χ2v) is 7.13. The lowest BCUT2D eigenvalue weighted by atomic mass is 10.1. The number of ether oxygens (including phenoxy) is 2. The van der Waals surface area contributed by atoms with E-state index in [1.165, 1.54) is 23.9 Å². The molecule has 0 bridgehead atoms. The minimum Gasteiger partial charge on any atom is -0.454 e. The van der Waals surface area contributed by atoms with Crippen LogP contribution in [0.25, 0.3) is 22.6 Å². The van der Waals surface area contributed by atoms with Crippen molar-refractivity contribution in [1.82, 2.24) is 20.3 Å². The van der Waals surface area contributed by atoms with Gasteiger partial charge in [-0.15, -0.1) is 10.2 Å². The number of nitrogens with zero attached hydrogens (tertiary/aromatic N) is 4. The fraction of sp³-hybridized carbons (Fsp3) is 0.100. The maximum Gasteiger partial charge on any atom is 0.237 e. The third-order valence-electron chi connectivity index (χ3n) is 4.22. The highest BCUT2D eigenvalue weighted by atomic mass is 32.2. The molecule has 144 valence electrons. The Morgan fingerprint density at radius 3 is 2.55 bits per heavy atom. The van der Waals surface area contributed by atoms with Crippen LogP contribution in [-0.4, -0.2) is 27.1 Å². The normalized spacial score (nSPS) is 12.3. The smallest absolute Gasteiger partial charge is 0.237 e. The highest BCUT2D eigenvalue weighted by Gasteiger charge is 2.15. The second-order valence-electron chi connectivity index (χ2n) is 6.13. The van der Waals surface area contributed by atoms with Crippen LogP contribution in [0.3, 0.4) is 0 Å². The highest BCUT2D eigenvalue weighted by molar-refractivity contribution is 7.98. The number of hydrogen-bond acceptors (Lipinski definition) is 8. The molecule has 2 aromatic carbocycles. The van der Waals surface area contributed by atoms with E-state index in [1.807, 2.05) is 30.3 Å². The Morgan fingerprint density at radius 1 is 0.897 bits per heavy atom. The summed E-state index contributed by atoms with van der Waals surface area (Å²) in [5.41, 5.74) is 2.34. The molecule has 2 aromatic heterocycles. The summed E-state index contributed by atoms with van der Waals surface area (Å²) in [4.78, 5) is 4.33. The van der Waals surface area contributed by atoms with Crippen molar-refractivity contribution in [3.8, 4) is 34.1 Å². The van der Waals surface area contributed by atoms with Crippen molar-refractivity contribution < 1.29 is 18.4 Å². The molecule has 0 atom stereocenters. The standard InChI is InChI=1S/C20H13FN4O3S/c21-14-4-1-12(2-5-14)20-22-18(28-25-20)10-29-19-8-6-15(23-24-19)13-3-7-16-17(9-13)27-11-26-16/h1-9H,10-11H2. The number of aromatic nitrogens is 4. The van der Waals surface area contributed by atoms with Gasteiger partial charge in [0.1, 0.15) is 10.8 Å². The number of fused-ring (bicyclic) bond motifs is 1. The van der Waals surface area contributed by atoms with Gasteiger partial charge in [-0.2, -0.15) is 4.98 Å². The van der Waals surface area contributed by atoms with Gasteiger partial charge in [0.25, 0.3) is 0 Å². The molecule has 29 heavy (non-hydrogen) atoms. The molecule has 0 saturated carbocycles. The summed E-state index contributed by atoms with van der Waals surface area (Å²) < 4.78 is 29.0. The van der Waals surface area contributed by atoms with Crippen molar-refractivity contribution in [1.29, 1.82) is 0 Å². The molecule has 1 aliphatic rings. The molecule has 0 N–H and O–H groups in total. The molecule has 3 heterocycles. The maximum absolute atomic E-state index is 13.0. The van der Waals surface area contributed by atoms with Crippen LogP contribution in [0.1, 0.15) is 5.89 Å². The maximum atomic E-state index is 13.0. The van der Waals surface area contributed by atoms with Crippen molar-refractivity contribution in [3.63, 3.8) is 0 Å². The summed E-state index contributed by atoms with van der Waals surface area (Å²) in [6.45, 7) is 0.235. The van der Waals surface area contributed by atoms with Gasteiger partial charge in [0, 0.05) is 11.1 Å². The Hall–Kier alpha value is -3.46. The minimum atomic E-state index is -0.309. The van der Waals surface area contributed by atoms with Gasteiger partial charge in [-0.1, -0.05) is 16.9 Å². The number of benzene rings is 2. The summed E-state index contributed by atoms with van der Waals surface area (Å²) in [6.07, 6.45) is 0. The average Bonchev–Trinajstić information content (AvgIpc) is 3.42. The molecular weight excluding hydrogens is 395 g/mol. The lowest BCUT2D eigenvalue weighted by Gasteiger charge is -2.03. The van der Waals surface area contributed by atoms with E-state index in [4.69, 9.17) is 14.0 Å². The molecule has 0 spiro atoms. The third kappa shape index (κ3) is 3.77. The Bertz CT molecular complexity index is 1150. The SMILES string of the molecule is Fc1ccc(-c2noc(CSc3ccc(-c4ccc5c(c4)OCO5)nn3)n2)cc1. The van der Waals surface area contributed by atoms with Crippen molar-refractivity contribution in [2.45, 2.75) is 10.8 Å². The zero-order valence-corrected chi connectivity index (χ0v) is 15.7. The van der Waals surface area contributed by atoms with E-state index >= 15 is 0 Å². The van der Waals surface area contributed by atoms with Crippen molar-refractivity contribution in [2.75, 3.05) is 6.79 Å². The zero-order valence-electron chi connectivity index (χ0n) is 14.9. The Kier molecular flexibility index (Phi) is 4.57. The second kappa shape index (κ2) is 7.51. The third-order valence-corrected chi connectivity index (χ3v) is 5.13. The summed E-state index contributed by atoms with van der Waals surface area (Å²) in [6, 6.07) is 15.4. The highest BCUT2D eigenvalue weighted by Crippen LogP contribution is 2.35. The molecule has 9 heteroatoms. The van der Waals surface area contributed by atoms with Gasteiger partial charge in [0.05, 0.1) is 11.4 Å². The molecule has 0 amide bonds. The lowest BCUT2D eigenvalue weighted by Crippen LogP contribution is -1.93. The molecule has 7 nitrogen and oxygen atoms in total. The molecule has 0 radical (unpaired) electrons. The zero-order chi connectivity index (χ0) is 19.6. The van der Waals surface area contributed by atoms with E-state index in [1.54, 1.807) is 12.1 Å². The van der Waals surface area contributed by atoms with Gasteiger partial charge in [-0.25, -0.2) is 4.39 Å². The molecular formula is C20H13FN4O3S. The summed E-state index contributed by atoms with van der Waals surface area (Å²) >= 11 is 1.43. The van der Waals surface area contributed by atoms with Crippen LogP contribution in [-0.2, 0) is 5.75 Å². The molecule has 0 saturated heterocycles. The van der Waals surface area contributed by atoms with E-state index in [0.717, 1.165) is 22.0 Å². The number of hydrogen-bond donors (Lipinski definition) is 0. The van der Waals surface area contributed by atoms with Crippen LogP contribution in [0.5, 0.6) is 11.5 Å². The van der Waals surface area contributed by atoms with E-state index in [0.29, 0.717) is 28.8 Å². The Balaban J connectivity index is 1.24. The summed E-state index contributed by atoms with van der Waals surface area (Å²) in [5, 5.41) is 13.2. The predicted octanol–water partition coefficient (Wildman–Crippen LogP) is 4.35. The fourth-order valence-electron chi connectivity index (χ4n) is 2.77. The average molecular weight is 408 g/mol. The van der Waals surface area contributed by atoms with Crippen molar-refractivity contribution in [2.24, 2.45) is 0 Å². The van der Waals surface area contributed by atoms with Crippen LogP contribution < -0.4 is 9.47 Å². The van der Waals surface area contributed by atoms with Crippen LogP contribution in [0, 0.1) is 5.82 Å². The van der Waals surface area contributed by atoms with Crippen LogP contribution >= 0.6 is 11.8 Å². The molecule has 0 unspecified atom stereocenters. The number of thioether (sulfide) groups is 1. The predicted molar refractivity (Wildman–Crippen MR) is 103 cm³/mol. The van der Waals surface area contributed by atoms with Gasteiger partial charge >= 0.3 is 0 Å². The molecule has 5 rings (SSSR count). The van der Waals surface area contributed by atoms with E-state index in [9.17, 15) is 4.39 Å². The largest absolute Gasteiger partial charge is 0.454 e. The van der Waals surface area contributed by atoms with E-state index in [-0.39, 0.29) is 12.6 Å². The first kappa shape index (κ1) is 17.6. The Labute approximate surface area is 168 Å². The minimum absolute atomic E-state index is 0.235. The van der Waals surface area contributed by atoms with Crippen molar-refractivity contribution in [3.05, 3.63) is 66.3 Å². The molecule has 4 aromatic rings. The molecule has 1 aliphatic heterocycles. The first-order valence-corrected chi connectivity index (χ1v) is 9.68. The first-order chi connectivity index (χ1) is 14.2. The molecule has 0 aliphatic carbocycles. The summed E-state index contributed by atoms with van der Waals surface area (Å²) in [5.74, 6) is 2.45. The monoisotopic (exact) mass is 408 g/mol. The lowest BCUT2D eigenvalue weighted by molar-refractivity contribution is 0.174. The van der Waals surface area contributed by atoms with Crippen LogP contribution in [0.2, 0.25) is 0 Å². The topological polar surface area (TPSA) is 83.2 Å². The quantitative estimate of drug-likeness (QED) is 0.451. The van der Waals surface area contributed by atoms with E-state index < -0.39 is 0 Å². The van der Waals surface area contributed by atoms with Gasteiger partial charge in [0.15, 0.2) is 11.5 Å². The molecule has 0 fully saturated rings. The number of rotatable bonds is 5. The van der Waals surface area contributed by atoms with E-state index in [2.05, 4.69) is 20.3 Å². The van der Waals surface area contributed by atoms with Crippen LogP contribution in [0.15, 0.2) is 64.1 Å². The van der Waals surface area contributed by atoms with Crippen molar-refractivity contribution >= 4 is 11.8 Å². The fourth-order valence-corrected chi connectivity index (χ4v) is 3.42. The summed E-state index contributed by atoms with van der Waals surface area (Å²) in [7, 11) is 0. The van der Waals surface area contributed by atoms with Gasteiger partial charge < -0.3 is 14.0 Å². The first-order valence-electron chi connectivity index (χ1n) is 8.70. The Morgan fingerprint density at radius 2 is 1.72 bits per heavy atom. The number of halogens is 1.